The van der Waals surface area contributed by atoms with Crippen molar-refractivity contribution in [1.29, 1.82) is 0 Å². The fraction of sp³-hybridized carbons (Fsp3) is 0.556. The van der Waals surface area contributed by atoms with Crippen LogP contribution in [0.5, 0.6) is 11.5 Å². The predicted octanol–water partition coefficient (Wildman–Crippen LogP) is 5.80. The molecule has 6 aliphatic rings. The second-order valence-electron chi connectivity index (χ2n) is 13.8. The zero-order chi connectivity index (χ0) is 29.4. The van der Waals surface area contributed by atoms with E-state index < -0.39 is 0 Å². The van der Waals surface area contributed by atoms with Crippen LogP contribution < -0.4 is 9.47 Å². The highest BCUT2D eigenvalue weighted by molar-refractivity contribution is 5.87. The number of nitrogens with one attached hydrogen (secondary N) is 2. The Morgan fingerprint density at radius 3 is 1.52 bits per heavy atom. The van der Waals surface area contributed by atoms with Crippen molar-refractivity contribution in [3.8, 4) is 11.5 Å². The monoisotopic (exact) mass is 594 g/mol. The normalized spacial score (nSPS) is 28.4. The minimum absolute atomic E-state index is 0.585. The first kappa shape index (κ1) is 27.3. The average molecular weight is 595 g/mol. The second kappa shape index (κ2) is 10.8. The van der Waals surface area contributed by atoms with Crippen LogP contribution >= 0.6 is 0 Å². The average Bonchev–Trinajstić information content (AvgIpc) is 3.88. The number of rotatable bonds is 2. The molecule has 4 fully saturated rings. The molecule has 2 aromatic carbocycles. The molecule has 4 aromatic rings. The standard InChI is InChI=1S/2C18H23N3O/c2*1-22-12-4-5-15-14(11-12)13-6-10-21-16(18(13)19-15)7-9-20-8-2-3-17(20)21/h2*4-5,11,16-17,19H,2-3,6-10H2,1H3/t2*16-,17-/m10/s1. The first-order valence-corrected chi connectivity index (χ1v) is 17.1. The minimum atomic E-state index is 0.585. The van der Waals surface area contributed by atoms with Crippen molar-refractivity contribution in [2.24, 2.45) is 0 Å². The Balaban J connectivity index is 0.000000123. The first-order valence-electron chi connectivity index (χ1n) is 17.1. The molecular formula is C36H46N6O2. The van der Waals surface area contributed by atoms with Gasteiger partial charge in [-0.25, -0.2) is 0 Å². The fourth-order valence-electron chi connectivity index (χ4n) is 9.78. The largest absolute Gasteiger partial charge is 0.497 e. The van der Waals surface area contributed by atoms with Gasteiger partial charge in [-0.3, -0.25) is 19.6 Å². The van der Waals surface area contributed by atoms with Crippen molar-refractivity contribution >= 4 is 21.8 Å². The van der Waals surface area contributed by atoms with Crippen molar-refractivity contribution in [1.82, 2.24) is 29.6 Å². The highest BCUT2D eigenvalue weighted by Gasteiger charge is 2.43. The maximum Gasteiger partial charge on any atom is 0.119 e. The Kier molecular flexibility index (Phi) is 6.69. The molecule has 8 nitrogen and oxygen atoms in total. The molecule has 0 bridgehead atoms. The Morgan fingerprint density at radius 2 is 1.07 bits per heavy atom. The van der Waals surface area contributed by atoms with Gasteiger partial charge in [0.05, 0.1) is 38.6 Å². The second-order valence-corrected chi connectivity index (χ2v) is 13.8. The van der Waals surface area contributed by atoms with Crippen molar-refractivity contribution in [2.45, 2.75) is 75.8 Å². The van der Waals surface area contributed by atoms with Gasteiger partial charge in [0.1, 0.15) is 11.5 Å². The summed E-state index contributed by atoms with van der Waals surface area (Å²) < 4.78 is 10.8. The fourth-order valence-corrected chi connectivity index (χ4v) is 9.78. The summed E-state index contributed by atoms with van der Waals surface area (Å²) in [6, 6.07) is 14.0. The van der Waals surface area contributed by atoms with Crippen molar-refractivity contribution < 1.29 is 9.47 Å². The van der Waals surface area contributed by atoms with Crippen molar-refractivity contribution in [2.75, 3.05) is 53.5 Å². The maximum absolute atomic E-state index is 5.42. The molecule has 0 spiro atoms. The van der Waals surface area contributed by atoms with E-state index in [1.54, 1.807) is 14.2 Å². The molecule has 0 unspecified atom stereocenters. The Labute approximate surface area is 260 Å². The van der Waals surface area contributed by atoms with Crippen LogP contribution in [0.25, 0.3) is 21.8 Å². The molecule has 0 aliphatic carbocycles. The summed E-state index contributed by atoms with van der Waals surface area (Å²) in [7, 11) is 3.50. The smallest absolute Gasteiger partial charge is 0.119 e. The van der Waals surface area contributed by atoms with E-state index in [4.69, 9.17) is 9.47 Å². The van der Waals surface area contributed by atoms with Gasteiger partial charge in [-0.05, 0) is 112 Å². The van der Waals surface area contributed by atoms with E-state index in [1.165, 1.54) is 122 Å². The number of methoxy groups -OCH3 is 2. The lowest BCUT2D eigenvalue weighted by molar-refractivity contribution is -0.0162. The Bertz CT molecular complexity index is 1570. The van der Waals surface area contributed by atoms with Crippen LogP contribution in [0, 0.1) is 0 Å². The third kappa shape index (κ3) is 4.25. The van der Waals surface area contributed by atoms with Gasteiger partial charge in [0.15, 0.2) is 0 Å². The molecule has 6 aliphatic heterocycles. The summed E-state index contributed by atoms with van der Waals surface area (Å²) in [5, 5.41) is 2.73. The van der Waals surface area contributed by atoms with Gasteiger partial charge in [-0.15, -0.1) is 0 Å². The van der Waals surface area contributed by atoms with Crippen LogP contribution in [-0.2, 0) is 12.8 Å². The Hall–Kier alpha value is -3.04. The van der Waals surface area contributed by atoms with E-state index >= 15 is 0 Å². The van der Waals surface area contributed by atoms with E-state index in [0.717, 1.165) is 24.3 Å². The van der Waals surface area contributed by atoms with Crippen LogP contribution in [0.15, 0.2) is 36.4 Å². The van der Waals surface area contributed by atoms with Crippen molar-refractivity contribution in [3.05, 3.63) is 58.9 Å². The number of aromatic nitrogens is 2. The van der Waals surface area contributed by atoms with Gasteiger partial charge >= 0.3 is 0 Å². The molecule has 0 amide bonds. The number of fused-ring (bicyclic) bond motifs is 14. The summed E-state index contributed by atoms with van der Waals surface area (Å²) in [4.78, 5) is 18.3. The third-order valence-corrected chi connectivity index (χ3v) is 11.8. The lowest BCUT2D eigenvalue weighted by Gasteiger charge is -2.47. The van der Waals surface area contributed by atoms with E-state index in [2.05, 4.69) is 66.0 Å². The van der Waals surface area contributed by atoms with Gasteiger partial charge in [-0.2, -0.15) is 0 Å². The molecule has 232 valence electrons. The molecule has 4 atom stereocenters. The van der Waals surface area contributed by atoms with Gasteiger partial charge in [0, 0.05) is 59.4 Å². The third-order valence-electron chi connectivity index (χ3n) is 11.8. The maximum atomic E-state index is 5.42. The molecule has 2 N–H and O–H groups in total. The number of nitrogens with zero attached hydrogens (tertiary/aromatic N) is 4. The van der Waals surface area contributed by atoms with Gasteiger partial charge in [0.2, 0.25) is 0 Å². The Morgan fingerprint density at radius 1 is 0.591 bits per heavy atom. The summed E-state index contributed by atoms with van der Waals surface area (Å²) in [5.41, 5.74) is 8.54. The van der Waals surface area contributed by atoms with Gasteiger partial charge in [0.25, 0.3) is 0 Å². The topological polar surface area (TPSA) is 63.0 Å². The zero-order valence-corrected chi connectivity index (χ0v) is 26.3. The molecule has 0 saturated carbocycles. The van der Waals surface area contributed by atoms with Crippen LogP contribution in [0.3, 0.4) is 0 Å². The minimum Gasteiger partial charge on any atom is -0.497 e. The number of hydrogen-bond acceptors (Lipinski definition) is 6. The quantitative estimate of drug-likeness (QED) is 0.306. The van der Waals surface area contributed by atoms with E-state index in [1.807, 2.05) is 0 Å². The highest BCUT2D eigenvalue weighted by atomic mass is 16.5. The van der Waals surface area contributed by atoms with Gasteiger partial charge < -0.3 is 19.4 Å². The van der Waals surface area contributed by atoms with E-state index in [-0.39, 0.29) is 0 Å². The SMILES string of the molecule is COc1ccc2[nH]c3c(c2c1)CCN1[C@@H]3CCN2CCC[C@H]21.COc1ccc2[nH]c3c(c2c1)CCN1[C@H]3CCN2CCC[C@@H]21. The molecular weight excluding hydrogens is 548 g/mol. The summed E-state index contributed by atoms with van der Waals surface area (Å²) in [6.07, 6.45) is 11.6. The van der Waals surface area contributed by atoms with Crippen LogP contribution in [0.2, 0.25) is 0 Å². The first-order chi connectivity index (χ1) is 21.7. The zero-order valence-electron chi connectivity index (χ0n) is 26.3. The molecule has 8 heterocycles. The van der Waals surface area contributed by atoms with E-state index in [9.17, 15) is 0 Å². The molecule has 0 radical (unpaired) electrons. The number of hydrogen-bond donors (Lipinski definition) is 2. The summed E-state index contributed by atoms with van der Waals surface area (Å²) in [5.74, 6) is 1.92. The molecule has 2 aromatic heterocycles. The number of benzene rings is 2. The number of H-pyrrole nitrogens is 2. The van der Waals surface area contributed by atoms with Crippen molar-refractivity contribution in [3.63, 3.8) is 0 Å². The predicted molar refractivity (Wildman–Crippen MR) is 174 cm³/mol. The number of ether oxygens (including phenoxy) is 2. The molecule has 4 saturated heterocycles. The van der Waals surface area contributed by atoms with Crippen LogP contribution in [-0.4, -0.2) is 95.4 Å². The lowest BCUT2D eigenvalue weighted by Crippen LogP contribution is -2.53. The number of aromatic amines is 2. The molecule has 44 heavy (non-hydrogen) atoms. The summed E-state index contributed by atoms with van der Waals surface area (Å²) >= 11 is 0. The van der Waals surface area contributed by atoms with E-state index in [0.29, 0.717) is 24.4 Å². The van der Waals surface area contributed by atoms with Crippen LogP contribution in [0.4, 0.5) is 0 Å². The highest BCUT2D eigenvalue weighted by Crippen LogP contribution is 2.44. The lowest BCUT2D eigenvalue weighted by atomic mass is 9.92. The molecule has 8 heteroatoms. The molecule has 10 rings (SSSR count). The van der Waals surface area contributed by atoms with Gasteiger partial charge in [-0.1, -0.05) is 0 Å². The van der Waals surface area contributed by atoms with Crippen LogP contribution in [0.1, 0.15) is 73.1 Å². The summed E-state index contributed by atoms with van der Waals surface area (Å²) in [6.45, 7) is 7.50.